The van der Waals surface area contributed by atoms with Gasteiger partial charge in [-0.3, -0.25) is 14.9 Å². The zero-order chi connectivity index (χ0) is 20.7. The molecule has 0 radical (unpaired) electrons. The Morgan fingerprint density at radius 1 is 1.07 bits per heavy atom. The second-order valence-corrected chi connectivity index (χ2v) is 6.46. The van der Waals surface area contributed by atoms with Crippen LogP contribution in [-0.4, -0.2) is 34.9 Å². The van der Waals surface area contributed by atoms with Crippen LogP contribution < -0.4 is 0 Å². The predicted molar refractivity (Wildman–Crippen MR) is 105 cm³/mol. The molecule has 7 heteroatoms. The number of ether oxygens (including phenoxy) is 1. The van der Waals surface area contributed by atoms with Crippen LogP contribution in [0.5, 0.6) is 0 Å². The van der Waals surface area contributed by atoms with E-state index >= 15 is 0 Å². The van der Waals surface area contributed by atoms with Crippen molar-refractivity contribution in [1.29, 1.82) is 0 Å². The second kappa shape index (κ2) is 9.64. The minimum atomic E-state index is -0.694. The van der Waals surface area contributed by atoms with Crippen LogP contribution in [0.2, 0.25) is 0 Å². The van der Waals surface area contributed by atoms with Gasteiger partial charge in [0.15, 0.2) is 0 Å². The molecule has 0 spiro atoms. The van der Waals surface area contributed by atoms with E-state index in [0.717, 1.165) is 23.6 Å². The Bertz CT molecular complexity index is 862. The third kappa shape index (κ3) is 5.39. The number of benzene rings is 2. The van der Waals surface area contributed by atoms with E-state index < -0.39 is 10.9 Å². The van der Waals surface area contributed by atoms with Crippen molar-refractivity contribution in [2.75, 3.05) is 13.2 Å². The van der Waals surface area contributed by atoms with Crippen molar-refractivity contribution in [1.82, 2.24) is 4.90 Å². The number of aryl methyl sites for hydroxylation is 1. The third-order valence-corrected chi connectivity index (χ3v) is 4.16. The topological polar surface area (TPSA) is 89.8 Å². The molecule has 1 amide bonds. The van der Waals surface area contributed by atoms with Gasteiger partial charge in [-0.2, -0.15) is 0 Å². The van der Waals surface area contributed by atoms with Crippen LogP contribution in [0.15, 0.2) is 42.5 Å². The average molecular weight is 384 g/mol. The molecule has 0 aromatic heterocycles. The lowest BCUT2D eigenvalue weighted by atomic mass is 10.1. The quantitative estimate of drug-likeness (QED) is 0.388. The van der Waals surface area contributed by atoms with Crippen molar-refractivity contribution in [3.8, 4) is 0 Å². The van der Waals surface area contributed by atoms with Crippen LogP contribution in [0, 0.1) is 17.0 Å². The van der Waals surface area contributed by atoms with Crippen molar-refractivity contribution in [2.45, 2.75) is 33.7 Å². The molecule has 0 aliphatic rings. The van der Waals surface area contributed by atoms with E-state index in [-0.39, 0.29) is 29.3 Å². The van der Waals surface area contributed by atoms with E-state index in [0.29, 0.717) is 13.1 Å². The molecule has 7 nitrogen and oxygen atoms in total. The molecular formula is C21H24N2O5. The molecule has 0 N–H and O–H groups in total. The smallest absolute Gasteiger partial charge is 0.338 e. The number of carbonyl (C=O) groups is 2. The van der Waals surface area contributed by atoms with E-state index in [4.69, 9.17) is 4.74 Å². The van der Waals surface area contributed by atoms with Crippen LogP contribution in [0.4, 0.5) is 5.69 Å². The van der Waals surface area contributed by atoms with Crippen molar-refractivity contribution in [3.05, 3.63) is 74.8 Å². The van der Waals surface area contributed by atoms with Gasteiger partial charge in [-0.1, -0.05) is 36.8 Å². The maximum atomic E-state index is 13.1. The summed E-state index contributed by atoms with van der Waals surface area (Å²) in [4.78, 5) is 37.4. The molecule has 0 atom stereocenters. The number of nitrogens with zero attached hydrogens (tertiary/aromatic N) is 2. The van der Waals surface area contributed by atoms with E-state index in [2.05, 4.69) is 0 Å². The summed E-state index contributed by atoms with van der Waals surface area (Å²) >= 11 is 0. The normalized spacial score (nSPS) is 10.4. The molecule has 0 saturated heterocycles. The molecular weight excluding hydrogens is 360 g/mol. The summed E-state index contributed by atoms with van der Waals surface area (Å²) < 4.78 is 4.93. The van der Waals surface area contributed by atoms with Crippen LogP contribution in [0.25, 0.3) is 0 Å². The molecule has 0 aliphatic heterocycles. The van der Waals surface area contributed by atoms with E-state index in [1.54, 1.807) is 11.8 Å². The van der Waals surface area contributed by atoms with Gasteiger partial charge in [-0.05, 0) is 31.9 Å². The summed E-state index contributed by atoms with van der Waals surface area (Å²) in [5.41, 5.74) is 1.85. The Labute approximate surface area is 164 Å². The lowest BCUT2D eigenvalue weighted by Gasteiger charge is -2.22. The number of rotatable bonds is 8. The number of nitro benzene ring substituents is 1. The van der Waals surface area contributed by atoms with Crippen LogP contribution in [0.3, 0.4) is 0 Å². The number of hydrogen-bond acceptors (Lipinski definition) is 5. The Morgan fingerprint density at radius 2 is 1.71 bits per heavy atom. The standard InChI is InChI=1S/C21H24N2O5/c1-4-10-22(14-16-8-6-15(3)7-9-16)20(24)17-11-18(21(25)28-5-2)13-19(12-17)23(26)27/h6-9,11-13H,4-5,10,14H2,1-3H3. The highest BCUT2D eigenvalue weighted by atomic mass is 16.6. The minimum Gasteiger partial charge on any atom is -0.462 e. The van der Waals surface area contributed by atoms with E-state index in [1.165, 1.54) is 12.1 Å². The maximum absolute atomic E-state index is 13.1. The molecule has 2 aromatic carbocycles. The van der Waals surface area contributed by atoms with E-state index in [1.807, 2.05) is 38.1 Å². The van der Waals surface area contributed by atoms with Gasteiger partial charge in [0, 0.05) is 30.8 Å². The zero-order valence-corrected chi connectivity index (χ0v) is 16.3. The van der Waals surface area contributed by atoms with Gasteiger partial charge in [0.2, 0.25) is 0 Å². The van der Waals surface area contributed by atoms with Crippen molar-refractivity contribution in [2.24, 2.45) is 0 Å². The lowest BCUT2D eigenvalue weighted by Crippen LogP contribution is -2.31. The first kappa shape index (κ1) is 21.1. The number of nitro groups is 1. The Morgan fingerprint density at radius 3 is 2.29 bits per heavy atom. The predicted octanol–water partition coefficient (Wildman–Crippen LogP) is 4.13. The summed E-state index contributed by atoms with van der Waals surface area (Å²) in [6.45, 7) is 6.59. The molecule has 2 aromatic rings. The fourth-order valence-electron chi connectivity index (χ4n) is 2.79. The van der Waals surface area contributed by atoms with Gasteiger partial charge >= 0.3 is 5.97 Å². The largest absolute Gasteiger partial charge is 0.462 e. The van der Waals surface area contributed by atoms with Crippen LogP contribution in [0.1, 0.15) is 52.1 Å². The summed E-state index contributed by atoms with van der Waals surface area (Å²) in [5, 5.41) is 11.3. The molecule has 0 unspecified atom stereocenters. The summed E-state index contributed by atoms with van der Waals surface area (Å²) in [6.07, 6.45) is 0.733. The van der Waals surface area contributed by atoms with Crippen molar-refractivity contribution < 1.29 is 19.2 Å². The molecule has 148 valence electrons. The number of amides is 1. The lowest BCUT2D eigenvalue weighted by molar-refractivity contribution is -0.384. The first-order valence-corrected chi connectivity index (χ1v) is 9.17. The fourth-order valence-corrected chi connectivity index (χ4v) is 2.79. The average Bonchev–Trinajstić information content (AvgIpc) is 2.68. The fraction of sp³-hybridized carbons (Fsp3) is 0.333. The monoisotopic (exact) mass is 384 g/mol. The number of carbonyl (C=O) groups excluding carboxylic acids is 2. The summed E-state index contributed by atoms with van der Waals surface area (Å²) in [6, 6.07) is 11.5. The van der Waals surface area contributed by atoms with Gasteiger partial charge in [0.25, 0.3) is 11.6 Å². The van der Waals surface area contributed by atoms with Crippen molar-refractivity contribution >= 4 is 17.6 Å². The second-order valence-electron chi connectivity index (χ2n) is 6.46. The van der Waals surface area contributed by atoms with Crippen LogP contribution in [-0.2, 0) is 11.3 Å². The summed E-state index contributed by atoms with van der Waals surface area (Å²) in [7, 11) is 0. The third-order valence-electron chi connectivity index (χ3n) is 4.16. The maximum Gasteiger partial charge on any atom is 0.338 e. The molecule has 0 aliphatic carbocycles. The number of non-ortho nitro benzene ring substituents is 1. The Hall–Kier alpha value is -3.22. The van der Waals surface area contributed by atoms with Gasteiger partial charge in [-0.25, -0.2) is 4.79 Å². The Balaban J connectivity index is 2.37. The van der Waals surface area contributed by atoms with Gasteiger partial charge in [0.1, 0.15) is 0 Å². The first-order chi connectivity index (χ1) is 13.3. The molecule has 0 heterocycles. The zero-order valence-electron chi connectivity index (χ0n) is 16.3. The van der Waals surface area contributed by atoms with Gasteiger partial charge < -0.3 is 9.64 Å². The number of hydrogen-bond donors (Lipinski definition) is 0. The molecule has 0 fully saturated rings. The SMILES string of the molecule is CCCN(Cc1ccc(C)cc1)C(=O)c1cc(C(=O)OCC)cc([N+](=O)[O-])c1. The molecule has 28 heavy (non-hydrogen) atoms. The molecule has 2 rings (SSSR count). The van der Waals surface area contributed by atoms with E-state index in [9.17, 15) is 19.7 Å². The van der Waals surface area contributed by atoms with Crippen molar-refractivity contribution in [3.63, 3.8) is 0 Å². The Kier molecular flexibility index (Phi) is 7.26. The highest BCUT2D eigenvalue weighted by molar-refractivity contribution is 5.99. The van der Waals surface area contributed by atoms with Crippen LogP contribution >= 0.6 is 0 Å². The highest BCUT2D eigenvalue weighted by Gasteiger charge is 2.22. The molecule has 0 saturated carbocycles. The molecule has 0 bridgehead atoms. The minimum absolute atomic E-state index is 0.00816. The van der Waals surface area contributed by atoms with Gasteiger partial charge in [-0.15, -0.1) is 0 Å². The summed E-state index contributed by atoms with van der Waals surface area (Å²) in [5.74, 6) is -1.06. The first-order valence-electron chi connectivity index (χ1n) is 9.17. The highest BCUT2D eigenvalue weighted by Crippen LogP contribution is 2.21. The van der Waals surface area contributed by atoms with Gasteiger partial charge in [0.05, 0.1) is 17.1 Å². The number of esters is 1.